The number of likely N-dealkylation sites (tertiary alicyclic amines) is 1. The Balaban J connectivity index is 1.53. The Kier molecular flexibility index (Phi) is 5.92. The summed E-state index contributed by atoms with van der Waals surface area (Å²) in [6.45, 7) is 8.48. The van der Waals surface area contributed by atoms with Crippen LogP contribution in [0.5, 0.6) is 0 Å². The van der Waals surface area contributed by atoms with Crippen molar-refractivity contribution in [1.82, 2.24) is 4.90 Å². The lowest BCUT2D eigenvalue weighted by atomic mass is 9.91. The molecule has 0 unspecified atom stereocenters. The van der Waals surface area contributed by atoms with Gasteiger partial charge in [-0.2, -0.15) is 0 Å². The minimum Gasteiger partial charge on any atom is -0.454 e. The van der Waals surface area contributed by atoms with Crippen LogP contribution >= 0.6 is 0 Å². The number of ether oxygens (including phenoxy) is 1. The number of aryl methyl sites for hydroxylation is 2. The highest BCUT2D eigenvalue weighted by molar-refractivity contribution is 6.00. The lowest BCUT2D eigenvalue weighted by Gasteiger charge is -2.35. The predicted molar refractivity (Wildman–Crippen MR) is 107 cm³/mol. The van der Waals surface area contributed by atoms with Crippen LogP contribution < -0.4 is 0 Å². The lowest BCUT2D eigenvalue weighted by Crippen LogP contribution is -2.45. The van der Waals surface area contributed by atoms with Gasteiger partial charge in [-0.15, -0.1) is 0 Å². The number of nitrogens with zero attached hydrogens (tertiary/aromatic N) is 1. The zero-order chi connectivity index (χ0) is 20.5. The smallest absolute Gasteiger partial charge is 0.309 e. The Hall–Kier alpha value is -2.17. The van der Waals surface area contributed by atoms with E-state index >= 15 is 0 Å². The van der Waals surface area contributed by atoms with Crippen LogP contribution in [0.15, 0.2) is 18.2 Å². The number of esters is 1. The third-order valence-electron chi connectivity index (χ3n) is 5.80. The molecule has 1 aromatic rings. The molecule has 28 heavy (non-hydrogen) atoms. The van der Waals surface area contributed by atoms with Crippen LogP contribution in [-0.4, -0.2) is 41.8 Å². The van der Waals surface area contributed by atoms with E-state index in [1.54, 1.807) is 6.92 Å². The molecule has 1 amide bonds. The van der Waals surface area contributed by atoms with Crippen LogP contribution in [0.1, 0.15) is 68.4 Å². The zero-order valence-corrected chi connectivity index (χ0v) is 17.4. The van der Waals surface area contributed by atoms with Gasteiger partial charge in [0, 0.05) is 24.1 Å². The monoisotopic (exact) mass is 385 g/mol. The molecular formula is C23H31NO4. The van der Waals surface area contributed by atoms with Gasteiger partial charge in [0.2, 0.25) is 11.7 Å². The van der Waals surface area contributed by atoms with E-state index in [1.807, 2.05) is 43.9 Å². The van der Waals surface area contributed by atoms with Crippen molar-refractivity contribution in [2.45, 2.75) is 65.9 Å². The number of hydrogen-bond donors (Lipinski definition) is 0. The van der Waals surface area contributed by atoms with E-state index in [2.05, 4.69) is 0 Å². The minimum atomic E-state index is -0.791. The van der Waals surface area contributed by atoms with E-state index in [4.69, 9.17) is 4.74 Å². The number of rotatable bonds is 4. The van der Waals surface area contributed by atoms with E-state index < -0.39 is 11.5 Å². The highest BCUT2D eigenvalue weighted by Crippen LogP contribution is 2.26. The van der Waals surface area contributed by atoms with Gasteiger partial charge in [0.05, 0.1) is 5.92 Å². The fourth-order valence-electron chi connectivity index (χ4n) is 4.08. The van der Waals surface area contributed by atoms with Crippen molar-refractivity contribution >= 4 is 17.7 Å². The molecule has 1 fully saturated rings. The van der Waals surface area contributed by atoms with Crippen LogP contribution in [0.4, 0.5) is 0 Å². The van der Waals surface area contributed by atoms with Gasteiger partial charge in [0.1, 0.15) is 0 Å². The van der Waals surface area contributed by atoms with Crippen molar-refractivity contribution < 1.29 is 19.1 Å². The molecule has 1 aromatic carbocycles. The zero-order valence-electron chi connectivity index (χ0n) is 17.4. The molecule has 0 saturated carbocycles. The van der Waals surface area contributed by atoms with E-state index in [0.717, 1.165) is 19.3 Å². The van der Waals surface area contributed by atoms with Crippen LogP contribution in [0.25, 0.3) is 0 Å². The molecule has 1 aliphatic carbocycles. The summed E-state index contributed by atoms with van der Waals surface area (Å²) in [5.74, 6) is -0.618. The molecule has 0 N–H and O–H groups in total. The summed E-state index contributed by atoms with van der Waals surface area (Å²) in [5, 5.41) is 0. The molecule has 152 valence electrons. The summed E-state index contributed by atoms with van der Waals surface area (Å²) in [4.78, 5) is 39.4. The van der Waals surface area contributed by atoms with E-state index in [0.29, 0.717) is 31.5 Å². The number of piperidine rings is 1. The highest BCUT2D eigenvalue weighted by Gasteiger charge is 2.34. The average molecular weight is 386 g/mol. The summed E-state index contributed by atoms with van der Waals surface area (Å²) in [6, 6.07) is 5.81. The van der Waals surface area contributed by atoms with Gasteiger partial charge in [-0.25, -0.2) is 0 Å². The summed E-state index contributed by atoms with van der Waals surface area (Å²) < 4.78 is 5.50. The Labute approximate surface area is 167 Å². The summed E-state index contributed by atoms with van der Waals surface area (Å²) >= 11 is 0. The lowest BCUT2D eigenvalue weighted by molar-refractivity contribution is -0.155. The number of fused-ring (bicyclic) bond motifs is 1. The summed E-state index contributed by atoms with van der Waals surface area (Å²) in [7, 11) is 0. The fourth-order valence-corrected chi connectivity index (χ4v) is 4.08. The van der Waals surface area contributed by atoms with Crippen molar-refractivity contribution in [3.05, 3.63) is 34.9 Å². The van der Waals surface area contributed by atoms with Gasteiger partial charge in [0.15, 0.2) is 6.10 Å². The van der Waals surface area contributed by atoms with E-state index in [1.165, 1.54) is 11.1 Å². The van der Waals surface area contributed by atoms with Crippen LogP contribution in [0, 0.1) is 11.3 Å². The molecule has 1 heterocycles. The molecule has 0 bridgehead atoms. The molecular weight excluding hydrogens is 354 g/mol. The third kappa shape index (κ3) is 4.45. The number of benzene rings is 1. The number of hydrogen-bond acceptors (Lipinski definition) is 4. The first-order valence-electron chi connectivity index (χ1n) is 10.3. The highest BCUT2D eigenvalue weighted by atomic mass is 16.5. The molecule has 5 nitrogen and oxygen atoms in total. The standard InChI is InChI=1S/C23H31NO4/c1-15(20(25)19-9-8-16-6-5-7-18(16)14-19)28-21(26)17-10-12-24(13-11-17)22(27)23(2,3)4/h8-9,14-15,17H,5-7,10-13H2,1-4H3/t15-/m0/s1. The first-order valence-corrected chi connectivity index (χ1v) is 10.3. The van der Waals surface area contributed by atoms with Gasteiger partial charge < -0.3 is 9.64 Å². The maximum atomic E-state index is 12.7. The van der Waals surface area contributed by atoms with Crippen LogP contribution in [0.3, 0.4) is 0 Å². The van der Waals surface area contributed by atoms with Crippen LogP contribution in [0.2, 0.25) is 0 Å². The van der Waals surface area contributed by atoms with Crippen molar-refractivity contribution in [3.63, 3.8) is 0 Å². The molecule has 5 heteroatoms. The van der Waals surface area contributed by atoms with Crippen molar-refractivity contribution in [1.29, 1.82) is 0 Å². The van der Waals surface area contributed by atoms with Gasteiger partial charge in [-0.1, -0.05) is 32.9 Å². The number of ketones is 1. The number of carbonyl (C=O) groups is 3. The molecule has 0 spiro atoms. The largest absolute Gasteiger partial charge is 0.454 e. The Morgan fingerprint density at radius 2 is 1.71 bits per heavy atom. The molecule has 3 rings (SSSR count). The quantitative estimate of drug-likeness (QED) is 0.587. The average Bonchev–Trinajstić information content (AvgIpc) is 3.13. The summed E-state index contributed by atoms with van der Waals surface area (Å²) in [6.07, 6.45) is 3.59. The normalized spacial score (nSPS) is 18.5. The van der Waals surface area contributed by atoms with Crippen molar-refractivity contribution in [2.24, 2.45) is 11.3 Å². The molecule has 0 radical (unpaired) electrons. The Bertz CT molecular complexity index is 769. The Morgan fingerprint density at radius 3 is 2.36 bits per heavy atom. The maximum Gasteiger partial charge on any atom is 0.309 e. The number of amides is 1. The minimum absolute atomic E-state index is 0.111. The second-order valence-corrected chi connectivity index (χ2v) is 9.10. The van der Waals surface area contributed by atoms with Gasteiger partial charge in [0.25, 0.3) is 0 Å². The van der Waals surface area contributed by atoms with Gasteiger partial charge in [-0.05, 0) is 56.2 Å². The summed E-state index contributed by atoms with van der Waals surface area (Å²) in [5.41, 5.74) is 2.76. The molecule has 1 saturated heterocycles. The van der Waals surface area contributed by atoms with Gasteiger partial charge in [-0.3, -0.25) is 14.4 Å². The van der Waals surface area contributed by atoms with Crippen molar-refractivity contribution in [3.8, 4) is 0 Å². The van der Waals surface area contributed by atoms with E-state index in [9.17, 15) is 14.4 Å². The fraction of sp³-hybridized carbons (Fsp3) is 0.609. The second kappa shape index (κ2) is 8.06. The molecule has 0 aromatic heterocycles. The first kappa shape index (κ1) is 20.6. The van der Waals surface area contributed by atoms with Gasteiger partial charge >= 0.3 is 5.97 Å². The molecule has 2 aliphatic rings. The molecule has 1 atom stereocenters. The van der Waals surface area contributed by atoms with Crippen molar-refractivity contribution in [2.75, 3.05) is 13.1 Å². The second-order valence-electron chi connectivity index (χ2n) is 9.10. The number of carbonyl (C=O) groups excluding carboxylic acids is 3. The Morgan fingerprint density at radius 1 is 1.07 bits per heavy atom. The predicted octanol–water partition coefficient (Wildman–Crippen LogP) is 3.57. The SMILES string of the molecule is C[C@H](OC(=O)C1CCN(C(=O)C(C)(C)C)CC1)C(=O)c1ccc2c(c1)CCC2. The number of Topliss-reactive ketones (excluding diaryl/α,β-unsaturated/α-hetero) is 1. The topological polar surface area (TPSA) is 63.7 Å². The maximum absolute atomic E-state index is 12.7. The van der Waals surface area contributed by atoms with Crippen LogP contribution in [-0.2, 0) is 27.2 Å². The van der Waals surface area contributed by atoms with E-state index in [-0.39, 0.29) is 23.6 Å². The first-order chi connectivity index (χ1) is 13.2. The third-order valence-corrected chi connectivity index (χ3v) is 5.80. The molecule has 1 aliphatic heterocycles.